The molecule has 1 spiro atoms. The second-order valence-corrected chi connectivity index (χ2v) is 6.77. The fraction of sp³-hybridized carbons (Fsp3) is 0.500. The molecule has 0 radical (unpaired) electrons. The molecular weight excluding hydrogens is 322 g/mol. The van der Waals surface area contributed by atoms with E-state index in [1.54, 1.807) is 24.1 Å². The van der Waals surface area contributed by atoms with Gasteiger partial charge in [0.05, 0.1) is 24.4 Å². The van der Waals surface area contributed by atoms with Crippen LogP contribution < -0.4 is 4.74 Å². The van der Waals surface area contributed by atoms with Crippen LogP contribution >= 0.6 is 0 Å². The molecule has 2 atom stereocenters. The van der Waals surface area contributed by atoms with Crippen LogP contribution in [0.3, 0.4) is 0 Å². The van der Waals surface area contributed by atoms with Gasteiger partial charge >= 0.3 is 0 Å². The summed E-state index contributed by atoms with van der Waals surface area (Å²) in [5.74, 6) is 0.764. The second kappa shape index (κ2) is 6.48. The van der Waals surface area contributed by atoms with Crippen LogP contribution in [-0.4, -0.2) is 52.3 Å². The number of pyridine rings is 1. The van der Waals surface area contributed by atoms with Gasteiger partial charge in [-0.1, -0.05) is 11.2 Å². The average molecular weight is 343 g/mol. The zero-order chi connectivity index (χ0) is 17.3. The fourth-order valence-electron chi connectivity index (χ4n) is 3.64. The summed E-state index contributed by atoms with van der Waals surface area (Å²) < 4.78 is 17.1. The maximum atomic E-state index is 12.6. The Balaban J connectivity index is 1.41. The Hall–Kier alpha value is -2.41. The molecule has 0 bridgehead atoms. The Bertz CT molecular complexity index is 748. The summed E-state index contributed by atoms with van der Waals surface area (Å²) in [7, 11) is 0. The van der Waals surface area contributed by atoms with Crippen LogP contribution in [-0.2, 0) is 4.74 Å². The van der Waals surface area contributed by atoms with Gasteiger partial charge < -0.3 is 18.9 Å². The maximum absolute atomic E-state index is 12.6. The van der Waals surface area contributed by atoms with Gasteiger partial charge in [-0.2, -0.15) is 0 Å². The molecule has 2 aliphatic rings. The van der Waals surface area contributed by atoms with Crippen LogP contribution in [0.1, 0.15) is 35.5 Å². The lowest BCUT2D eigenvalue weighted by atomic mass is 9.89. The minimum atomic E-state index is -0.345. The number of piperidine rings is 1. The van der Waals surface area contributed by atoms with E-state index in [-0.39, 0.29) is 23.4 Å². The van der Waals surface area contributed by atoms with Gasteiger partial charge in [-0.15, -0.1) is 0 Å². The molecule has 2 aromatic rings. The van der Waals surface area contributed by atoms with Crippen molar-refractivity contribution < 1.29 is 18.8 Å². The number of carbonyl (C=O) groups excluding carboxylic acids is 1. The summed E-state index contributed by atoms with van der Waals surface area (Å²) in [6.45, 7) is 3.57. The van der Waals surface area contributed by atoms with Gasteiger partial charge in [-0.05, 0) is 25.8 Å². The van der Waals surface area contributed by atoms with E-state index in [1.165, 1.54) is 0 Å². The minimum Gasteiger partial charge on any atom is -0.472 e. The molecular formula is C18H21N3O4. The van der Waals surface area contributed by atoms with Crippen LogP contribution in [0.5, 0.6) is 5.88 Å². The van der Waals surface area contributed by atoms with Crippen molar-refractivity contribution in [3.05, 3.63) is 41.9 Å². The molecule has 0 aliphatic carbocycles. The van der Waals surface area contributed by atoms with Crippen molar-refractivity contribution in [3.63, 3.8) is 0 Å². The molecule has 1 amide bonds. The number of amides is 1. The number of carbonyl (C=O) groups is 1. The highest BCUT2D eigenvalue weighted by atomic mass is 16.6. The topological polar surface area (TPSA) is 77.7 Å². The zero-order valence-corrected chi connectivity index (χ0v) is 14.2. The van der Waals surface area contributed by atoms with Crippen molar-refractivity contribution in [1.29, 1.82) is 0 Å². The smallest absolute Gasteiger partial charge is 0.292 e. The lowest BCUT2D eigenvalue weighted by Crippen LogP contribution is -2.50. The molecule has 2 saturated heterocycles. The number of hydrogen-bond acceptors (Lipinski definition) is 6. The summed E-state index contributed by atoms with van der Waals surface area (Å²) in [6.07, 6.45) is 4.24. The van der Waals surface area contributed by atoms with Crippen molar-refractivity contribution in [2.24, 2.45) is 0 Å². The molecule has 0 aromatic carbocycles. The highest BCUT2D eigenvalue weighted by Gasteiger charge is 2.46. The number of rotatable bonds is 3. The number of aryl methyl sites for hydroxylation is 1. The summed E-state index contributed by atoms with van der Waals surface area (Å²) >= 11 is 0. The Morgan fingerprint density at radius 3 is 3.12 bits per heavy atom. The summed E-state index contributed by atoms with van der Waals surface area (Å²) in [5, 5.41) is 3.80. The molecule has 132 valence electrons. The lowest BCUT2D eigenvalue weighted by Gasteiger charge is -2.39. The Kier molecular flexibility index (Phi) is 4.17. The molecule has 4 heterocycles. The first-order valence-electron chi connectivity index (χ1n) is 8.58. The molecule has 25 heavy (non-hydrogen) atoms. The summed E-state index contributed by atoms with van der Waals surface area (Å²) in [4.78, 5) is 18.6. The number of aromatic nitrogens is 2. The number of hydrogen-bond donors (Lipinski definition) is 0. The van der Waals surface area contributed by atoms with Crippen molar-refractivity contribution >= 4 is 5.91 Å². The van der Waals surface area contributed by atoms with Crippen molar-refractivity contribution in [2.45, 2.75) is 37.9 Å². The minimum absolute atomic E-state index is 0.0440. The fourth-order valence-corrected chi connectivity index (χ4v) is 3.64. The van der Waals surface area contributed by atoms with E-state index in [0.717, 1.165) is 19.3 Å². The highest BCUT2D eigenvalue weighted by Crippen LogP contribution is 2.36. The molecule has 2 aromatic heterocycles. The Morgan fingerprint density at radius 1 is 1.44 bits per heavy atom. The predicted octanol–water partition coefficient (Wildman–Crippen LogP) is 2.22. The molecule has 0 N–H and O–H groups in total. The van der Waals surface area contributed by atoms with E-state index >= 15 is 0 Å². The van der Waals surface area contributed by atoms with Gasteiger partial charge in [0.1, 0.15) is 6.10 Å². The molecule has 7 heteroatoms. The predicted molar refractivity (Wildman–Crippen MR) is 88.3 cm³/mol. The third-order valence-corrected chi connectivity index (χ3v) is 4.77. The van der Waals surface area contributed by atoms with E-state index in [4.69, 9.17) is 14.0 Å². The van der Waals surface area contributed by atoms with Gasteiger partial charge in [0.15, 0.2) is 0 Å². The first-order chi connectivity index (χ1) is 12.1. The van der Waals surface area contributed by atoms with E-state index < -0.39 is 0 Å². The van der Waals surface area contributed by atoms with Gasteiger partial charge in [-0.3, -0.25) is 4.79 Å². The standard InChI is InChI=1S/C18H21N3O4/c1-13-9-15(25-20-13)17(22)21-8-4-6-18(12-21)10-14(11-23-18)24-16-5-2-3-7-19-16/h2-3,5,7,9,14H,4,6,8,10-12H2,1H3/t14-,18+/m1/s1. The SMILES string of the molecule is Cc1cc(C(=O)N2CCC[C@]3(C[C@@H](Oc4ccccn4)CO3)C2)on1. The monoisotopic (exact) mass is 343 g/mol. The molecule has 2 aliphatic heterocycles. The van der Waals surface area contributed by atoms with Crippen LogP contribution in [0.25, 0.3) is 0 Å². The highest BCUT2D eigenvalue weighted by molar-refractivity contribution is 5.91. The van der Waals surface area contributed by atoms with Crippen molar-refractivity contribution in [3.8, 4) is 5.88 Å². The van der Waals surface area contributed by atoms with Gasteiger partial charge in [-0.25, -0.2) is 4.98 Å². The molecule has 0 unspecified atom stereocenters. The molecule has 4 rings (SSSR count). The van der Waals surface area contributed by atoms with E-state index in [0.29, 0.717) is 31.3 Å². The van der Waals surface area contributed by atoms with Crippen LogP contribution in [0.15, 0.2) is 35.0 Å². The van der Waals surface area contributed by atoms with Gasteiger partial charge in [0, 0.05) is 31.3 Å². The average Bonchev–Trinajstić information content (AvgIpc) is 3.22. The van der Waals surface area contributed by atoms with E-state index in [1.807, 2.05) is 18.2 Å². The molecule has 2 fully saturated rings. The maximum Gasteiger partial charge on any atom is 0.292 e. The van der Waals surface area contributed by atoms with E-state index in [9.17, 15) is 4.79 Å². The quantitative estimate of drug-likeness (QED) is 0.850. The largest absolute Gasteiger partial charge is 0.472 e. The second-order valence-electron chi connectivity index (χ2n) is 6.77. The van der Waals surface area contributed by atoms with Gasteiger partial charge in [0.25, 0.3) is 5.91 Å². The number of nitrogens with zero attached hydrogens (tertiary/aromatic N) is 3. The first kappa shape index (κ1) is 16.1. The Labute approximate surface area is 145 Å². The van der Waals surface area contributed by atoms with Gasteiger partial charge in [0.2, 0.25) is 11.6 Å². The number of likely N-dealkylation sites (tertiary alicyclic amines) is 1. The summed E-state index contributed by atoms with van der Waals surface area (Å²) in [6, 6.07) is 7.27. The van der Waals surface area contributed by atoms with Crippen molar-refractivity contribution in [2.75, 3.05) is 19.7 Å². The molecule has 0 saturated carbocycles. The normalized spacial score (nSPS) is 26.1. The van der Waals surface area contributed by atoms with Crippen LogP contribution in [0, 0.1) is 6.92 Å². The summed E-state index contributed by atoms with van der Waals surface area (Å²) in [5.41, 5.74) is 0.360. The zero-order valence-electron chi connectivity index (χ0n) is 14.2. The lowest BCUT2D eigenvalue weighted by molar-refractivity contribution is -0.0460. The third-order valence-electron chi connectivity index (χ3n) is 4.77. The number of ether oxygens (including phenoxy) is 2. The third kappa shape index (κ3) is 3.37. The molecule has 7 nitrogen and oxygen atoms in total. The Morgan fingerprint density at radius 2 is 2.36 bits per heavy atom. The van der Waals surface area contributed by atoms with Crippen molar-refractivity contribution in [1.82, 2.24) is 15.0 Å². The van der Waals surface area contributed by atoms with E-state index in [2.05, 4.69) is 10.1 Å². The first-order valence-corrected chi connectivity index (χ1v) is 8.58. The van der Waals surface area contributed by atoms with Crippen LogP contribution in [0.2, 0.25) is 0 Å². The van der Waals surface area contributed by atoms with Crippen LogP contribution in [0.4, 0.5) is 0 Å².